The molecule has 2 aromatic rings. The molecule has 0 spiro atoms. The maximum atomic E-state index is 12.0. The number of amides is 2. The standard InChI is InChI=1S/C15H16N4O2/c16-14-11-4-2-1-3-9(11)7-12(19-14)15(21)17-8-13(20)18-10-5-6-10/h1-4,7,10H,5-6,8H2,(H2,16,19)(H,17,21)(H,18,20). The van der Waals surface area contributed by atoms with Crippen molar-refractivity contribution in [2.45, 2.75) is 18.9 Å². The van der Waals surface area contributed by atoms with Crippen molar-refractivity contribution in [1.82, 2.24) is 15.6 Å². The van der Waals surface area contributed by atoms with E-state index < -0.39 is 5.91 Å². The fraction of sp³-hybridized carbons (Fsp3) is 0.267. The lowest BCUT2D eigenvalue weighted by Crippen LogP contribution is -2.38. The Morgan fingerprint density at radius 1 is 1.29 bits per heavy atom. The molecule has 0 saturated heterocycles. The summed E-state index contributed by atoms with van der Waals surface area (Å²) in [5.41, 5.74) is 6.07. The zero-order valence-corrected chi connectivity index (χ0v) is 11.4. The fourth-order valence-corrected chi connectivity index (χ4v) is 2.10. The Balaban J connectivity index is 1.70. The molecule has 1 fully saturated rings. The summed E-state index contributed by atoms with van der Waals surface area (Å²) in [5, 5.41) is 7.01. The molecule has 6 nitrogen and oxygen atoms in total. The first-order valence-corrected chi connectivity index (χ1v) is 6.86. The highest BCUT2D eigenvalue weighted by atomic mass is 16.2. The number of nitrogens with two attached hydrogens (primary N) is 1. The summed E-state index contributed by atoms with van der Waals surface area (Å²) in [7, 11) is 0. The molecule has 1 aromatic carbocycles. The van der Waals surface area contributed by atoms with Gasteiger partial charge in [-0.25, -0.2) is 4.98 Å². The number of anilines is 1. The van der Waals surface area contributed by atoms with Gasteiger partial charge in [0.2, 0.25) is 5.91 Å². The van der Waals surface area contributed by atoms with Crippen LogP contribution in [-0.4, -0.2) is 29.4 Å². The number of nitrogen functional groups attached to an aromatic ring is 1. The lowest BCUT2D eigenvalue weighted by atomic mass is 10.1. The monoisotopic (exact) mass is 284 g/mol. The van der Waals surface area contributed by atoms with Crippen molar-refractivity contribution in [3.8, 4) is 0 Å². The number of pyridine rings is 1. The van der Waals surface area contributed by atoms with Crippen LogP contribution < -0.4 is 16.4 Å². The van der Waals surface area contributed by atoms with Crippen molar-refractivity contribution in [3.05, 3.63) is 36.0 Å². The number of rotatable bonds is 4. The Bertz CT molecular complexity index is 710. The number of carbonyl (C=O) groups is 2. The molecule has 3 rings (SSSR count). The van der Waals surface area contributed by atoms with Gasteiger partial charge in [0.15, 0.2) is 0 Å². The molecule has 2 amide bonds. The fourth-order valence-electron chi connectivity index (χ4n) is 2.10. The van der Waals surface area contributed by atoms with Gasteiger partial charge >= 0.3 is 0 Å². The molecule has 4 N–H and O–H groups in total. The van der Waals surface area contributed by atoms with Gasteiger partial charge in [-0.3, -0.25) is 9.59 Å². The average Bonchev–Trinajstić information content (AvgIpc) is 3.28. The van der Waals surface area contributed by atoms with Crippen molar-refractivity contribution in [2.24, 2.45) is 0 Å². The molecular formula is C15H16N4O2. The maximum absolute atomic E-state index is 12.0. The number of benzene rings is 1. The van der Waals surface area contributed by atoms with Crippen LogP contribution in [0.1, 0.15) is 23.3 Å². The number of aromatic nitrogens is 1. The first kappa shape index (κ1) is 13.4. The van der Waals surface area contributed by atoms with Crippen LogP contribution in [0.25, 0.3) is 10.8 Å². The van der Waals surface area contributed by atoms with Gasteiger partial charge in [0.05, 0.1) is 6.54 Å². The van der Waals surface area contributed by atoms with Gasteiger partial charge < -0.3 is 16.4 Å². The van der Waals surface area contributed by atoms with Crippen LogP contribution in [0.4, 0.5) is 5.82 Å². The quantitative estimate of drug-likeness (QED) is 0.774. The second kappa shape index (κ2) is 5.40. The van der Waals surface area contributed by atoms with Gasteiger partial charge in [0.1, 0.15) is 11.5 Å². The van der Waals surface area contributed by atoms with Crippen LogP contribution in [0, 0.1) is 0 Å². The van der Waals surface area contributed by atoms with Crippen LogP contribution in [0.2, 0.25) is 0 Å². The molecular weight excluding hydrogens is 268 g/mol. The Hall–Kier alpha value is -2.63. The molecule has 1 saturated carbocycles. The Labute approximate surface area is 121 Å². The van der Waals surface area contributed by atoms with E-state index in [9.17, 15) is 9.59 Å². The minimum absolute atomic E-state index is 0.0518. The number of carbonyl (C=O) groups excluding carboxylic acids is 2. The largest absolute Gasteiger partial charge is 0.383 e. The summed E-state index contributed by atoms with van der Waals surface area (Å²) in [6, 6.07) is 9.39. The van der Waals surface area contributed by atoms with E-state index in [1.807, 2.05) is 24.3 Å². The summed E-state index contributed by atoms with van der Waals surface area (Å²) in [4.78, 5) is 27.7. The molecule has 1 aliphatic carbocycles. The third kappa shape index (κ3) is 3.10. The normalized spacial score (nSPS) is 13.9. The van der Waals surface area contributed by atoms with Gasteiger partial charge in [-0.15, -0.1) is 0 Å². The third-order valence-electron chi connectivity index (χ3n) is 3.35. The first-order chi connectivity index (χ1) is 10.1. The summed E-state index contributed by atoms with van der Waals surface area (Å²) in [6.07, 6.45) is 2.03. The Kier molecular flexibility index (Phi) is 3.43. The highest BCUT2D eigenvalue weighted by Gasteiger charge is 2.23. The number of fused-ring (bicyclic) bond motifs is 1. The van der Waals surface area contributed by atoms with Crippen LogP contribution in [0.15, 0.2) is 30.3 Å². The van der Waals surface area contributed by atoms with E-state index in [1.165, 1.54) is 0 Å². The van der Waals surface area contributed by atoms with E-state index in [4.69, 9.17) is 5.73 Å². The van der Waals surface area contributed by atoms with Crippen molar-refractivity contribution in [3.63, 3.8) is 0 Å². The second-order valence-corrected chi connectivity index (χ2v) is 5.14. The predicted molar refractivity (Wildman–Crippen MR) is 79.7 cm³/mol. The molecule has 1 aliphatic rings. The van der Waals surface area contributed by atoms with Crippen molar-refractivity contribution in [2.75, 3.05) is 12.3 Å². The summed E-state index contributed by atoms with van der Waals surface area (Å²) < 4.78 is 0. The van der Waals surface area contributed by atoms with Gasteiger partial charge in [0.25, 0.3) is 5.91 Å². The number of nitrogens with one attached hydrogen (secondary N) is 2. The zero-order chi connectivity index (χ0) is 14.8. The smallest absolute Gasteiger partial charge is 0.270 e. The molecule has 0 aliphatic heterocycles. The van der Waals surface area contributed by atoms with Gasteiger partial charge in [-0.05, 0) is 24.3 Å². The van der Waals surface area contributed by atoms with Crippen LogP contribution in [-0.2, 0) is 4.79 Å². The first-order valence-electron chi connectivity index (χ1n) is 6.86. The Morgan fingerprint density at radius 3 is 2.81 bits per heavy atom. The minimum atomic E-state index is -0.404. The van der Waals surface area contributed by atoms with E-state index >= 15 is 0 Å². The second-order valence-electron chi connectivity index (χ2n) is 5.14. The van der Waals surface area contributed by atoms with Crippen molar-refractivity contribution in [1.29, 1.82) is 0 Å². The van der Waals surface area contributed by atoms with Gasteiger partial charge in [-0.1, -0.05) is 24.3 Å². The summed E-state index contributed by atoms with van der Waals surface area (Å²) >= 11 is 0. The van der Waals surface area contributed by atoms with Crippen LogP contribution in [0.5, 0.6) is 0 Å². The highest BCUT2D eigenvalue weighted by molar-refractivity contribution is 6.00. The average molecular weight is 284 g/mol. The third-order valence-corrected chi connectivity index (χ3v) is 3.35. The van der Waals surface area contributed by atoms with Crippen LogP contribution in [0.3, 0.4) is 0 Å². The Morgan fingerprint density at radius 2 is 2.05 bits per heavy atom. The highest BCUT2D eigenvalue weighted by Crippen LogP contribution is 2.20. The number of hydrogen-bond donors (Lipinski definition) is 3. The molecule has 0 atom stereocenters. The number of nitrogens with zero attached hydrogens (tertiary/aromatic N) is 1. The summed E-state index contributed by atoms with van der Waals surface area (Å²) in [5.74, 6) is -0.279. The van der Waals surface area contributed by atoms with E-state index in [2.05, 4.69) is 15.6 Å². The lowest BCUT2D eigenvalue weighted by molar-refractivity contribution is -0.120. The topological polar surface area (TPSA) is 97.1 Å². The van der Waals surface area contributed by atoms with E-state index in [0.29, 0.717) is 5.82 Å². The summed E-state index contributed by atoms with van der Waals surface area (Å²) in [6.45, 7) is -0.0518. The van der Waals surface area contributed by atoms with Crippen LogP contribution >= 0.6 is 0 Å². The van der Waals surface area contributed by atoms with E-state index in [0.717, 1.165) is 23.6 Å². The molecule has 0 radical (unpaired) electrons. The molecule has 108 valence electrons. The van der Waals surface area contributed by atoms with Gasteiger partial charge in [0, 0.05) is 11.4 Å². The number of hydrogen-bond acceptors (Lipinski definition) is 4. The predicted octanol–water partition coefficient (Wildman–Crippen LogP) is 0.825. The molecule has 6 heteroatoms. The van der Waals surface area contributed by atoms with E-state index in [1.54, 1.807) is 6.07 Å². The molecule has 0 bridgehead atoms. The van der Waals surface area contributed by atoms with E-state index in [-0.39, 0.29) is 24.2 Å². The molecule has 1 aromatic heterocycles. The molecule has 21 heavy (non-hydrogen) atoms. The van der Waals surface area contributed by atoms with Crippen molar-refractivity contribution < 1.29 is 9.59 Å². The lowest BCUT2D eigenvalue weighted by Gasteiger charge is -2.07. The SMILES string of the molecule is Nc1nc(C(=O)NCC(=O)NC2CC2)cc2ccccc12. The maximum Gasteiger partial charge on any atom is 0.270 e. The van der Waals surface area contributed by atoms with Gasteiger partial charge in [-0.2, -0.15) is 0 Å². The molecule has 1 heterocycles. The molecule has 0 unspecified atom stereocenters. The minimum Gasteiger partial charge on any atom is -0.383 e. The zero-order valence-electron chi connectivity index (χ0n) is 11.4. The van der Waals surface area contributed by atoms with Crippen molar-refractivity contribution >= 4 is 28.4 Å².